The third kappa shape index (κ3) is 2.28. The number of rotatable bonds is 2. The molecular weight excluding hydrogens is 268 g/mol. The number of benzene rings is 2. The van der Waals surface area contributed by atoms with Crippen LogP contribution in [0.1, 0.15) is 16.7 Å². The molecule has 2 N–H and O–H groups in total. The molecule has 0 saturated carbocycles. The normalized spacial score (nSPS) is 16.4. The standard InChI is InChI=1S/C16H16N2OS/c1-11-4-3-5-15-14(11)10-16(18-15)12-6-8-13(9-7-12)20(2,17)19/h3-9H,2,10H2,1H3,(H2,17,19). The molecule has 1 aliphatic rings. The molecule has 0 aliphatic carbocycles. The zero-order valence-corrected chi connectivity index (χ0v) is 12.1. The second kappa shape index (κ2) is 4.58. The maximum Gasteiger partial charge on any atom is 0.0671 e. The van der Waals surface area contributed by atoms with Gasteiger partial charge in [-0.05, 0) is 47.7 Å². The minimum absolute atomic E-state index is 0.563. The highest BCUT2D eigenvalue weighted by Gasteiger charge is 2.17. The average Bonchev–Trinajstić information content (AvgIpc) is 2.83. The fourth-order valence-electron chi connectivity index (χ4n) is 2.42. The monoisotopic (exact) mass is 284 g/mol. The van der Waals surface area contributed by atoms with Gasteiger partial charge in [0.1, 0.15) is 0 Å². The van der Waals surface area contributed by atoms with Gasteiger partial charge in [-0.25, -0.2) is 4.21 Å². The molecule has 1 atom stereocenters. The maximum atomic E-state index is 11.7. The first-order chi connectivity index (χ1) is 9.45. The zero-order valence-electron chi connectivity index (χ0n) is 11.3. The summed E-state index contributed by atoms with van der Waals surface area (Å²) < 4.78 is 11.7. The highest BCUT2D eigenvalue weighted by atomic mass is 32.2. The first kappa shape index (κ1) is 13.1. The topological polar surface area (TPSA) is 55.5 Å². The molecule has 0 aromatic heterocycles. The van der Waals surface area contributed by atoms with Crippen molar-refractivity contribution in [1.82, 2.24) is 0 Å². The summed E-state index contributed by atoms with van der Waals surface area (Å²) >= 11 is 0. The predicted octanol–water partition coefficient (Wildman–Crippen LogP) is 2.62. The van der Waals surface area contributed by atoms with E-state index in [2.05, 4.69) is 23.9 Å². The molecular formula is C16H16N2OS. The summed E-state index contributed by atoms with van der Waals surface area (Å²) in [6.45, 7) is 2.10. The number of aryl methyl sites for hydroxylation is 1. The SMILES string of the molecule is C=S(N)(=O)c1ccc(C2=Nc3cccc(C)c3C2)cc1. The molecule has 1 heterocycles. The minimum atomic E-state index is -2.64. The van der Waals surface area contributed by atoms with E-state index < -0.39 is 9.71 Å². The summed E-state index contributed by atoms with van der Waals surface area (Å²) in [6, 6.07) is 13.5. The third-order valence-electron chi connectivity index (χ3n) is 3.57. The molecule has 4 heteroatoms. The first-order valence-corrected chi connectivity index (χ1v) is 8.16. The van der Waals surface area contributed by atoms with E-state index >= 15 is 0 Å². The van der Waals surface area contributed by atoms with E-state index in [0.29, 0.717) is 4.90 Å². The Bertz CT molecular complexity index is 803. The third-order valence-corrected chi connectivity index (χ3v) is 4.64. The van der Waals surface area contributed by atoms with Gasteiger partial charge in [0.2, 0.25) is 0 Å². The number of aliphatic imine (C=N–C) groups is 1. The summed E-state index contributed by atoms with van der Waals surface area (Å²) in [4.78, 5) is 5.24. The van der Waals surface area contributed by atoms with Gasteiger partial charge in [0.15, 0.2) is 0 Å². The number of nitrogens with two attached hydrogens (primary N) is 1. The largest absolute Gasteiger partial charge is 0.256 e. The Morgan fingerprint density at radius 3 is 2.50 bits per heavy atom. The lowest BCUT2D eigenvalue weighted by Crippen LogP contribution is -2.12. The second-order valence-corrected chi connectivity index (χ2v) is 6.98. The maximum absolute atomic E-state index is 11.7. The Morgan fingerprint density at radius 2 is 1.90 bits per heavy atom. The molecule has 0 amide bonds. The van der Waals surface area contributed by atoms with E-state index in [1.807, 2.05) is 24.3 Å². The van der Waals surface area contributed by atoms with Crippen molar-refractivity contribution >= 4 is 27.0 Å². The molecule has 1 aliphatic heterocycles. The van der Waals surface area contributed by atoms with E-state index in [-0.39, 0.29) is 0 Å². The van der Waals surface area contributed by atoms with Gasteiger partial charge in [0.25, 0.3) is 0 Å². The number of nitrogens with zero attached hydrogens (tertiary/aromatic N) is 1. The van der Waals surface area contributed by atoms with Crippen molar-refractivity contribution in [3.8, 4) is 0 Å². The van der Waals surface area contributed by atoms with Crippen LogP contribution in [0.2, 0.25) is 0 Å². The molecule has 0 spiro atoms. The van der Waals surface area contributed by atoms with Gasteiger partial charge in [-0.15, -0.1) is 0 Å². The lowest BCUT2D eigenvalue weighted by Gasteiger charge is -2.05. The molecule has 20 heavy (non-hydrogen) atoms. The van der Waals surface area contributed by atoms with Crippen LogP contribution in [0.3, 0.4) is 0 Å². The van der Waals surface area contributed by atoms with Crippen molar-refractivity contribution in [2.45, 2.75) is 18.2 Å². The van der Waals surface area contributed by atoms with Gasteiger partial charge in [0, 0.05) is 11.3 Å². The molecule has 3 nitrogen and oxygen atoms in total. The Morgan fingerprint density at radius 1 is 1.20 bits per heavy atom. The van der Waals surface area contributed by atoms with Crippen LogP contribution >= 0.6 is 0 Å². The van der Waals surface area contributed by atoms with Gasteiger partial charge >= 0.3 is 0 Å². The second-order valence-electron chi connectivity index (χ2n) is 5.06. The summed E-state index contributed by atoms with van der Waals surface area (Å²) in [5.74, 6) is 3.49. The van der Waals surface area contributed by atoms with Gasteiger partial charge < -0.3 is 0 Å². The fraction of sp³-hybridized carbons (Fsp3) is 0.125. The van der Waals surface area contributed by atoms with Crippen LogP contribution in [0.4, 0.5) is 5.69 Å². The van der Waals surface area contributed by atoms with Crippen LogP contribution in [-0.4, -0.2) is 15.8 Å². The Kier molecular flexibility index (Phi) is 3.00. The molecule has 0 saturated heterocycles. The lowest BCUT2D eigenvalue weighted by molar-refractivity contribution is 0.682. The van der Waals surface area contributed by atoms with Gasteiger partial charge in [-0.1, -0.05) is 24.3 Å². The van der Waals surface area contributed by atoms with Crippen LogP contribution in [0.5, 0.6) is 0 Å². The quantitative estimate of drug-likeness (QED) is 0.847. The van der Waals surface area contributed by atoms with Crippen molar-refractivity contribution in [3.05, 3.63) is 59.2 Å². The lowest BCUT2D eigenvalue weighted by atomic mass is 10.0. The molecule has 3 rings (SSSR count). The van der Waals surface area contributed by atoms with Crippen LogP contribution in [0.15, 0.2) is 52.4 Å². The van der Waals surface area contributed by atoms with Gasteiger partial charge in [-0.2, -0.15) is 0 Å². The van der Waals surface area contributed by atoms with Crippen molar-refractivity contribution < 1.29 is 4.21 Å². The van der Waals surface area contributed by atoms with Crippen molar-refractivity contribution in [1.29, 1.82) is 0 Å². The number of hydrogen-bond acceptors (Lipinski definition) is 2. The molecule has 2 aromatic carbocycles. The fourth-order valence-corrected chi connectivity index (χ4v) is 3.01. The molecule has 1 unspecified atom stereocenters. The molecule has 0 fully saturated rings. The highest BCUT2D eigenvalue weighted by molar-refractivity contribution is 7.98. The van der Waals surface area contributed by atoms with Crippen molar-refractivity contribution in [3.63, 3.8) is 0 Å². The van der Waals surface area contributed by atoms with E-state index in [1.54, 1.807) is 12.1 Å². The molecule has 2 aromatic rings. The molecule has 0 radical (unpaired) electrons. The first-order valence-electron chi connectivity index (χ1n) is 6.36. The van der Waals surface area contributed by atoms with Crippen LogP contribution in [-0.2, 0) is 16.1 Å². The van der Waals surface area contributed by atoms with Gasteiger partial charge in [-0.3, -0.25) is 10.1 Å². The smallest absolute Gasteiger partial charge is 0.0671 e. The van der Waals surface area contributed by atoms with E-state index in [0.717, 1.165) is 23.4 Å². The Labute approximate surface area is 119 Å². The minimum Gasteiger partial charge on any atom is -0.256 e. The van der Waals surface area contributed by atoms with E-state index in [1.165, 1.54) is 11.1 Å². The molecule has 0 bridgehead atoms. The van der Waals surface area contributed by atoms with Crippen LogP contribution in [0.25, 0.3) is 0 Å². The van der Waals surface area contributed by atoms with E-state index in [9.17, 15) is 4.21 Å². The zero-order chi connectivity index (χ0) is 14.3. The van der Waals surface area contributed by atoms with E-state index in [4.69, 9.17) is 5.14 Å². The Hall–Kier alpha value is -1.91. The van der Waals surface area contributed by atoms with Crippen LogP contribution in [0, 0.1) is 6.92 Å². The van der Waals surface area contributed by atoms with Crippen molar-refractivity contribution in [2.75, 3.05) is 0 Å². The van der Waals surface area contributed by atoms with Gasteiger partial charge in [0.05, 0.1) is 21.1 Å². The summed E-state index contributed by atoms with van der Waals surface area (Å²) in [7, 11) is -2.64. The Balaban J connectivity index is 1.95. The average molecular weight is 284 g/mol. The molecule has 102 valence electrons. The summed E-state index contributed by atoms with van der Waals surface area (Å²) in [5, 5.41) is 5.54. The highest BCUT2D eigenvalue weighted by Crippen LogP contribution is 2.31. The van der Waals surface area contributed by atoms with Crippen LogP contribution < -0.4 is 5.14 Å². The predicted molar refractivity (Wildman–Crippen MR) is 85.2 cm³/mol. The number of hydrogen-bond donors (Lipinski definition) is 1. The van der Waals surface area contributed by atoms with Crippen molar-refractivity contribution in [2.24, 2.45) is 10.1 Å². The summed E-state index contributed by atoms with van der Waals surface area (Å²) in [6.07, 6.45) is 0.837. The number of fused-ring (bicyclic) bond motifs is 1. The summed E-state index contributed by atoms with van der Waals surface area (Å²) in [5.41, 5.74) is 5.66.